The Balaban J connectivity index is 1.55. The largest absolute Gasteiger partial charge is 0.364 e. The fraction of sp³-hybridized carbons (Fsp3) is 0.0909. The average molecular weight is 416 g/mol. The molecule has 0 saturated heterocycles. The fourth-order valence-corrected chi connectivity index (χ4v) is 3.52. The molecule has 0 fully saturated rings. The van der Waals surface area contributed by atoms with Gasteiger partial charge in [-0.25, -0.2) is 19.2 Å². The van der Waals surface area contributed by atoms with Crippen molar-refractivity contribution in [1.82, 2.24) is 29.4 Å². The summed E-state index contributed by atoms with van der Waals surface area (Å²) in [4.78, 5) is 8.86. The summed E-state index contributed by atoms with van der Waals surface area (Å²) in [6.07, 6.45) is 3.48. The minimum absolute atomic E-state index is 0.611. The number of anilines is 1. The molecule has 0 amide bonds. The van der Waals surface area contributed by atoms with Crippen molar-refractivity contribution in [1.29, 1.82) is 0 Å². The maximum Gasteiger partial charge on any atom is 0.155 e. The van der Waals surface area contributed by atoms with E-state index in [1.54, 1.807) is 4.52 Å². The van der Waals surface area contributed by atoms with Gasteiger partial charge in [0.2, 0.25) is 0 Å². The second-order valence-electron chi connectivity index (χ2n) is 6.93. The van der Waals surface area contributed by atoms with E-state index in [0.717, 1.165) is 39.8 Å². The summed E-state index contributed by atoms with van der Waals surface area (Å²) in [5.74, 6) is 1.49. The van der Waals surface area contributed by atoms with Crippen molar-refractivity contribution >= 4 is 23.1 Å². The molecule has 0 aliphatic carbocycles. The van der Waals surface area contributed by atoms with Crippen molar-refractivity contribution in [3.8, 4) is 17.1 Å². The molecule has 1 aromatic carbocycles. The number of pyridine rings is 2. The van der Waals surface area contributed by atoms with Gasteiger partial charge in [-0.3, -0.25) is 0 Å². The van der Waals surface area contributed by atoms with E-state index >= 15 is 0 Å². The number of aromatic nitrogens is 6. The topological polar surface area (TPSA) is 72.9 Å². The molecule has 30 heavy (non-hydrogen) atoms. The smallest absolute Gasteiger partial charge is 0.155 e. The lowest BCUT2D eigenvalue weighted by molar-refractivity contribution is 0.844. The number of nitrogens with zero attached hydrogens (tertiary/aromatic N) is 6. The highest BCUT2D eigenvalue weighted by atomic mass is 35.5. The second kappa shape index (κ2) is 7.61. The molecule has 4 heterocycles. The van der Waals surface area contributed by atoms with Crippen LogP contribution in [0.15, 0.2) is 73.2 Å². The summed E-state index contributed by atoms with van der Waals surface area (Å²) in [7, 11) is 0. The summed E-state index contributed by atoms with van der Waals surface area (Å²) in [5.41, 5.74) is 4.65. The van der Waals surface area contributed by atoms with E-state index in [1.165, 1.54) is 6.33 Å². The molecule has 0 aliphatic rings. The van der Waals surface area contributed by atoms with Crippen molar-refractivity contribution in [3.05, 3.63) is 89.5 Å². The van der Waals surface area contributed by atoms with Crippen LogP contribution in [-0.4, -0.2) is 29.4 Å². The first kappa shape index (κ1) is 18.3. The molecule has 1 N–H and O–H groups in total. The van der Waals surface area contributed by atoms with Gasteiger partial charge in [-0.05, 0) is 48.9 Å². The van der Waals surface area contributed by atoms with Gasteiger partial charge < -0.3 is 5.32 Å². The lowest BCUT2D eigenvalue weighted by Crippen LogP contribution is -2.04. The molecule has 0 aliphatic heterocycles. The predicted octanol–water partition coefficient (Wildman–Crippen LogP) is 4.55. The van der Waals surface area contributed by atoms with Gasteiger partial charge in [-0.2, -0.15) is 5.10 Å². The van der Waals surface area contributed by atoms with Gasteiger partial charge in [-0.15, -0.1) is 5.10 Å². The number of hydrogen-bond acceptors (Lipinski definition) is 5. The van der Waals surface area contributed by atoms with Gasteiger partial charge in [0.15, 0.2) is 11.5 Å². The molecule has 148 valence electrons. The van der Waals surface area contributed by atoms with E-state index in [1.807, 2.05) is 78.5 Å². The lowest BCUT2D eigenvalue weighted by Gasteiger charge is -2.07. The van der Waals surface area contributed by atoms with E-state index in [-0.39, 0.29) is 0 Å². The van der Waals surface area contributed by atoms with Crippen LogP contribution in [0.3, 0.4) is 0 Å². The van der Waals surface area contributed by atoms with Gasteiger partial charge in [0.25, 0.3) is 0 Å². The van der Waals surface area contributed by atoms with Crippen LogP contribution in [0.4, 0.5) is 5.82 Å². The summed E-state index contributed by atoms with van der Waals surface area (Å²) >= 11 is 6.10. The molecule has 5 rings (SSSR count). The third-order valence-electron chi connectivity index (χ3n) is 4.73. The van der Waals surface area contributed by atoms with Gasteiger partial charge in [-0.1, -0.05) is 29.8 Å². The number of fused-ring (bicyclic) bond motifs is 1. The van der Waals surface area contributed by atoms with Crippen LogP contribution < -0.4 is 5.32 Å². The van der Waals surface area contributed by atoms with E-state index in [0.29, 0.717) is 11.6 Å². The average Bonchev–Trinajstić information content (AvgIpc) is 3.39. The van der Waals surface area contributed by atoms with Crippen molar-refractivity contribution in [2.24, 2.45) is 0 Å². The van der Waals surface area contributed by atoms with Crippen molar-refractivity contribution in [2.75, 3.05) is 5.32 Å². The van der Waals surface area contributed by atoms with E-state index in [4.69, 9.17) is 16.7 Å². The van der Waals surface area contributed by atoms with E-state index in [9.17, 15) is 0 Å². The lowest BCUT2D eigenvalue weighted by atomic mass is 10.2. The van der Waals surface area contributed by atoms with Crippen LogP contribution in [0.25, 0.3) is 22.7 Å². The molecule has 0 spiro atoms. The third-order valence-corrected chi connectivity index (χ3v) is 4.97. The van der Waals surface area contributed by atoms with Gasteiger partial charge in [0, 0.05) is 35.1 Å². The molecular weight excluding hydrogens is 398 g/mol. The normalized spacial score (nSPS) is 11.1. The zero-order chi connectivity index (χ0) is 20.5. The van der Waals surface area contributed by atoms with Crippen LogP contribution in [-0.2, 0) is 6.54 Å². The summed E-state index contributed by atoms with van der Waals surface area (Å²) in [6, 6.07) is 19.6. The van der Waals surface area contributed by atoms with Gasteiger partial charge >= 0.3 is 0 Å². The highest BCUT2D eigenvalue weighted by Gasteiger charge is 2.14. The fourth-order valence-electron chi connectivity index (χ4n) is 3.30. The Morgan fingerprint density at radius 3 is 2.80 bits per heavy atom. The molecule has 7 nitrogen and oxygen atoms in total. The highest BCUT2D eigenvalue weighted by molar-refractivity contribution is 6.30. The van der Waals surface area contributed by atoms with Crippen LogP contribution in [0.5, 0.6) is 0 Å². The molecular formula is C22H18ClN7. The highest BCUT2D eigenvalue weighted by Crippen LogP contribution is 2.26. The van der Waals surface area contributed by atoms with E-state index in [2.05, 4.69) is 20.4 Å². The Hall–Kier alpha value is -3.71. The standard InChI is InChI=1S/C22H18ClN7/c1-15-4-2-7-22(27-15)30-19(17-8-9-21-25-14-26-29(21)13-17)11-20(28-30)24-12-16-5-3-6-18(23)10-16/h2-11,13-14H,12H2,1H3,(H,24,28). The first-order chi connectivity index (χ1) is 14.7. The number of aryl methyl sites for hydroxylation is 1. The van der Waals surface area contributed by atoms with Crippen LogP contribution in [0.1, 0.15) is 11.3 Å². The molecule has 4 aromatic heterocycles. The Morgan fingerprint density at radius 2 is 1.93 bits per heavy atom. The number of halogens is 1. The number of benzene rings is 1. The molecule has 0 bridgehead atoms. The Kier molecular flexibility index (Phi) is 4.65. The maximum atomic E-state index is 6.10. The summed E-state index contributed by atoms with van der Waals surface area (Å²) in [5, 5.41) is 13.1. The van der Waals surface area contributed by atoms with Crippen LogP contribution in [0.2, 0.25) is 5.02 Å². The van der Waals surface area contributed by atoms with Crippen molar-refractivity contribution < 1.29 is 0 Å². The summed E-state index contributed by atoms with van der Waals surface area (Å²) in [6.45, 7) is 2.58. The Bertz CT molecular complexity index is 1340. The minimum atomic E-state index is 0.611. The number of rotatable bonds is 5. The van der Waals surface area contributed by atoms with Crippen molar-refractivity contribution in [2.45, 2.75) is 13.5 Å². The first-order valence-corrected chi connectivity index (χ1v) is 9.86. The molecule has 5 aromatic rings. The molecule has 0 saturated carbocycles. The molecule has 0 radical (unpaired) electrons. The first-order valence-electron chi connectivity index (χ1n) is 9.48. The third kappa shape index (κ3) is 3.62. The van der Waals surface area contributed by atoms with Gasteiger partial charge in [0.1, 0.15) is 12.1 Å². The molecule has 0 unspecified atom stereocenters. The predicted molar refractivity (Wildman–Crippen MR) is 117 cm³/mol. The minimum Gasteiger partial charge on any atom is -0.364 e. The number of nitrogens with one attached hydrogen (secondary N) is 1. The zero-order valence-corrected chi connectivity index (χ0v) is 17.0. The second-order valence-corrected chi connectivity index (χ2v) is 7.36. The van der Waals surface area contributed by atoms with Crippen LogP contribution >= 0.6 is 11.6 Å². The SMILES string of the molecule is Cc1cccc(-n2nc(NCc3cccc(Cl)c3)cc2-c2ccc3ncnn3c2)n1. The quantitative estimate of drug-likeness (QED) is 0.456. The molecule has 0 atom stereocenters. The monoisotopic (exact) mass is 415 g/mol. The maximum absolute atomic E-state index is 6.10. The Morgan fingerprint density at radius 1 is 1.03 bits per heavy atom. The number of hydrogen-bond donors (Lipinski definition) is 1. The van der Waals surface area contributed by atoms with Gasteiger partial charge in [0.05, 0.1) is 5.69 Å². The zero-order valence-electron chi connectivity index (χ0n) is 16.2. The molecule has 8 heteroatoms. The van der Waals surface area contributed by atoms with Crippen LogP contribution in [0, 0.1) is 6.92 Å². The van der Waals surface area contributed by atoms with Crippen molar-refractivity contribution in [3.63, 3.8) is 0 Å². The van der Waals surface area contributed by atoms with E-state index < -0.39 is 0 Å². The Labute approximate surface area is 178 Å². The summed E-state index contributed by atoms with van der Waals surface area (Å²) < 4.78 is 3.58.